The van der Waals surface area contributed by atoms with Crippen molar-refractivity contribution in [2.45, 2.75) is 19.9 Å². The van der Waals surface area contributed by atoms with Crippen LogP contribution in [0.3, 0.4) is 0 Å². The van der Waals surface area contributed by atoms with E-state index in [-0.39, 0.29) is 18.4 Å². The van der Waals surface area contributed by atoms with Crippen molar-refractivity contribution in [3.8, 4) is 5.75 Å². The molecule has 1 atom stereocenters. The quantitative estimate of drug-likeness (QED) is 0.723. The van der Waals surface area contributed by atoms with E-state index < -0.39 is 6.04 Å². The molecule has 0 unspecified atom stereocenters. The van der Waals surface area contributed by atoms with Crippen molar-refractivity contribution in [1.82, 2.24) is 10.6 Å². The molecule has 0 spiro atoms. The van der Waals surface area contributed by atoms with Crippen LogP contribution in [-0.4, -0.2) is 31.0 Å². The Bertz CT molecular complexity index is 916. The highest BCUT2D eigenvalue weighted by atomic mass is 16.5. The zero-order valence-electron chi connectivity index (χ0n) is 14.2. The highest BCUT2D eigenvalue weighted by Gasteiger charge is 2.15. The molecule has 0 aliphatic rings. The molecule has 1 heterocycles. The lowest BCUT2D eigenvalue weighted by atomic mass is 10.1. The largest absolute Gasteiger partial charge is 0.484 e. The molecule has 3 aromatic rings. The zero-order chi connectivity index (χ0) is 17.8. The molecule has 6 heteroatoms. The lowest BCUT2D eigenvalue weighted by Crippen LogP contribution is -2.46. The van der Waals surface area contributed by atoms with Crippen molar-refractivity contribution in [3.05, 3.63) is 42.5 Å². The van der Waals surface area contributed by atoms with Crippen LogP contribution in [0.4, 0.5) is 0 Å². The van der Waals surface area contributed by atoms with Gasteiger partial charge in [-0.05, 0) is 38.1 Å². The van der Waals surface area contributed by atoms with Gasteiger partial charge in [0.1, 0.15) is 23.0 Å². The molecule has 0 saturated heterocycles. The van der Waals surface area contributed by atoms with Gasteiger partial charge in [0.2, 0.25) is 5.91 Å². The van der Waals surface area contributed by atoms with E-state index >= 15 is 0 Å². The Morgan fingerprint density at radius 1 is 1.12 bits per heavy atom. The Kier molecular flexibility index (Phi) is 4.88. The van der Waals surface area contributed by atoms with Gasteiger partial charge in [-0.1, -0.05) is 18.2 Å². The Morgan fingerprint density at radius 2 is 1.88 bits per heavy atom. The van der Waals surface area contributed by atoms with Crippen molar-refractivity contribution in [1.29, 1.82) is 0 Å². The topological polar surface area (TPSA) is 80.6 Å². The first-order valence-electron chi connectivity index (χ1n) is 8.19. The number of ether oxygens (including phenoxy) is 1. The molecule has 0 fully saturated rings. The van der Waals surface area contributed by atoms with Gasteiger partial charge in [0.15, 0.2) is 6.61 Å². The van der Waals surface area contributed by atoms with E-state index in [9.17, 15) is 9.59 Å². The number of carbonyl (C=O) groups is 2. The Morgan fingerprint density at radius 3 is 2.68 bits per heavy atom. The zero-order valence-corrected chi connectivity index (χ0v) is 14.2. The number of amides is 2. The van der Waals surface area contributed by atoms with Gasteiger partial charge in [0, 0.05) is 17.3 Å². The minimum absolute atomic E-state index is 0.162. The smallest absolute Gasteiger partial charge is 0.258 e. The minimum atomic E-state index is -0.601. The molecule has 0 radical (unpaired) electrons. The first-order valence-corrected chi connectivity index (χ1v) is 8.19. The monoisotopic (exact) mass is 340 g/mol. The molecule has 0 saturated carbocycles. The van der Waals surface area contributed by atoms with Crippen LogP contribution in [0.5, 0.6) is 5.75 Å². The molecule has 130 valence electrons. The lowest BCUT2D eigenvalue weighted by molar-refractivity contribution is -0.129. The summed E-state index contributed by atoms with van der Waals surface area (Å²) in [4.78, 5) is 23.5. The van der Waals surface area contributed by atoms with Crippen molar-refractivity contribution >= 4 is 33.8 Å². The maximum absolute atomic E-state index is 11.9. The standard InChI is InChI=1S/C19H20N2O4/c1-3-20-19(23)12(2)21-18(22)11-24-13-8-9-17-15(10-13)14-6-4-5-7-16(14)25-17/h4-10,12H,3,11H2,1-2H3,(H,20,23)(H,21,22)/t12-/m1/s1. The van der Waals surface area contributed by atoms with Gasteiger partial charge < -0.3 is 19.8 Å². The van der Waals surface area contributed by atoms with Crippen molar-refractivity contribution < 1.29 is 18.7 Å². The fraction of sp³-hybridized carbons (Fsp3) is 0.263. The molecule has 25 heavy (non-hydrogen) atoms. The van der Waals surface area contributed by atoms with E-state index in [1.54, 1.807) is 13.0 Å². The van der Waals surface area contributed by atoms with Gasteiger partial charge in [0.25, 0.3) is 5.91 Å². The molecule has 3 rings (SSSR count). The summed E-state index contributed by atoms with van der Waals surface area (Å²) in [7, 11) is 0. The highest BCUT2D eigenvalue weighted by molar-refractivity contribution is 6.05. The first kappa shape index (κ1) is 16.8. The Labute approximate surface area is 145 Å². The fourth-order valence-electron chi connectivity index (χ4n) is 2.62. The summed E-state index contributed by atoms with van der Waals surface area (Å²) in [5.74, 6) is -0.00194. The summed E-state index contributed by atoms with van der Waals surface area (Å²) in [5, 5.41) is 7.19. The van der Waals surface area contributed by atoms with E-state index in [2.05, 4.69) is 10.6 Å². The molecule has 0 aliphatic carbocycles. The lowest BCUT2D eigenvalue weighted by Gasteiger charge is -2.13. The third-order valence-electron chi connectivity index (χ3n) is 3.84. The number of hydrogen-bond acceptors (Lipinski definition) is 4. The van der Waals surface area contributed by atoms with Crippen molar-refractivity contribution in [3.63, 3.8) is 0 Å². The second-order valence-corrected chi connectivity index (χ2v) is 5.73. The average molecular weight is 340 g/mol. The van der Waals surface area contributed by atoms with Gasteiger partial charge >= 0.3 is 0 Å². The minimum Gasteiger partial charge on any atom is -0.484 e. The summed E-state index contributed by atoms with van der Waals surface area (Å²) in [6, 6.07) is 12.6. The second kappa shape index (κ2) is 7.25. The molecule has 0 bridgehead atoms. The van der Waals surface area contributed by atoms with Gasteiger partial charge in [-0.2, -0.15) is 0 Å². The van der Waals surface area contributed by atoms with Crippen LogP contribution in [0.25, 0.3) is 21.9 Å². The van der Waals surface area contributed by atoms with E-state index in [4.69, 9.17) is 9.15 Å². The molecular weight excluding hydrogens is 320 g/mol. The molecule has 2 amide bonds. The third-order valence-corrected chi connectivity index (χ3v) is 3.84. The number of likely N-dealkylation sites (N-methyl/N-ethyl adjacent to an activating group) is 1. The van der Waals surface area contributed by atoms with Crippen LogP contribution in [0.15, 0.2) is 46.9 Å². The number of nitrogens with one attached hydrogen (secondary N) is 2. The Hall–Kier alpha value is -3.02. The molecule has 1 aromatic heterocycles. The number of para-hydroxylation sites is 1. The van der Waals surface area contributed by atoms with Gasteiger partial charge in [-0.3, -0.25) is 9.59 Å². The predicted molar refractivity (Wildman–Crippen MR) is 95.5 cm³/mol. The van der Waals surface area contributed by atoms with Crippen LogP contribution >= 0.6 is 0 Å². The van der Waals surface area contributed by atoms with Gasteiger partial charge in [-0.15, -0.1) is 0 Å². The molecule has 6 nitrogen and oxygen atoms in total. The number of fused-ring (bicyclic) bond motifs is 3. The van der Waals surface area contributed by atoms with Crippen LogP contribution in [0, 0.1) is 0 Å². The first-order chi connectivity index (χ1) is 12.1. The summed E-state index contributed by atoms with van der Waals surface area (Å²) < 4.78 is 11.3. The van der Waals surface area contributed by atoms with Crippen LogP contribution < -0.4 is 15.4 Å². The third kappa shape index (κ3) is 3.74. The number of furan rings is 1. The maximum Gasteiger partial charge on any atom is 0.258 e. The van der Waals surface area contributed by atoms with Gasteiger partial charge in [-0.25, -0.2) is 0 Å². The molecule has 0 aliphatic heterocycles. The number of hydrogen-bond donors (Lipinski definition) is 2. The van der Waals surface area contributed by atoms with Crippen LogP contribution in [-0.2, 0) is 9.59 Å². The second-order valence-electron chi connectivity index (χ2n) is 5.73. The highest BCUT2D eigenvalue weighted by Crippen LogP contribution is 2.31. The molecule has 2 aromatic carbocycles. The fourth-order valence-corrected chi connectivity index (χ4v) is 2.62. The Balaban J connectivity index is 1.66. The number of rotatable bonds is 6. The summed E-state index contributed by atoms with van der Waals surface area (Å²) in [6.07, 6.45) is 0. The normalized spacial score (nSPS) is 12.1. The van der Waals surface area contributed by atoms with Crippen LogP contribution in [0.1, 0.15) is 13.8 Å². The van der Waals surface area contributed by atoms with E-state index in [0.29, 0.717) is 12.3 Å². The summed E-state index contributed by atoms with van der Waals surface area (Å²) >= 11 is 0. The predicted octanol–water partition coefficient (Wildman–Crippen LogP) is 2.61. The van der Waals surface area contributed by atoms with Crippen molar-refractivity contribution in [2.75, 3.05) is 13.2 Å². The van der Waals surface area contributed by atoms with Crippen LogP contribution in [0.2, 0.25) is 0 Å². The maximum atomic E-state index is 11.9. The van der Waals surface area contributed by atoms with E-state index in [1.807, 2.05) is 43.3 Å². The summed E-state index contributed by atoms with van der Waals surface area (Å²) in [5.41, 5.74) is 1.58. The number of carbonyl (C=O) groups excluding carboxylic acids is 2. The van der Waals surface area contributed by atoms with Crippen molar-refractivity contribution in [2.24, 2.45) is 0 Å². The van der Waals surface area contributed by atoms with Gasteiger partial charge in [0.05, 0.1) is 0 Å². The van der Waals surface area contributed by atoms with E-state index in [0.717, 1.165) is 21.9 Å². The molecular formula is C19H20N2O4. The SMILES string of the molecule is CCNC(=O)[C@@H](C)NC(=O)COc1ccc2oc3ccccc3c2c1. The number of benzene rings is 2. The van der Waals surface area contributed by atoms with E-state index in [1.165, 1.54) is 0 Å². The molecule has 2 N–H and O–H groups in total. The summed E-state index contributed by atoms with van der Waals surface area (Å²) in [6.45, 7) is 3.82. The average Bonchev–Trinajstić information content (AvgIpc) is 2.98.